The Bertz CT molecular complexity index is 370. The summed E-state index contributed by atoms with van der Waals surface area (Å²) in [6.45, 7) is 4.22. The Morgan fingerprint density at radius 3 is 2.12 bits per heavy atom. The third-order valence-electron chi connectivity index (χ3n) is 3.15. The fraction of sp³-hybridized carbons (Fsp3) is 0.900. The molecule has 0 aromatic carbocycles. The second-order valence-electron chi connectivity index (χ2n) is 4.75. The normalized spacial score (nSPS) is 19.9. The maximum Gasteiger partial charge on any atom is 0.243 e. The van der Waals surface area contributed by atoms with Crippen LogP contribution in [0.1, 0.15) is 26.7 Å². The highest BCUT2D eigenvalue weighted by molar-refractivity contribution is 9.09. The molecule has 94 valence electrons. The lowest BCUT2D eigenvalue weighted by Crippen LogP contribution is -2.52. The standard InChI is InChI=1S/C10H18BrNO3S/c1-10(2,16(3,14)15)9(13)12-6-4-8(11)5-7-12/h8H,4-7H2,1-3H3. The lowest BCUT2D eigenvalue weighted by atomic mass is 10.1. The van der Waals surface area contributed by atoms with Crippen LogP contribution in [0.2, 0.25) is 0 Å². The fourth-order valence-electron chi connectivity index (χ4n) is 1.59. The summed E-state index contributed by atoms with van der Waals surface area (Å²) in [5, 5.41) is 0. The lowest BCUT2D eigenvalue weighted by molar-refractivity contribution is -0.133. The molecule has 0 aliphatic carbocycles. The van der Waals surface area contributed by atoms with Gasteiger partial charge in [-0.3, -0.25) is 4.79 Å². The number of carbonyl (C=O) groups is 1. The summed E-state index contributed by atoms with van der Waals surface area (Å²) in [7, 11) is -3.37. The highest BCUT2D eigenvalue weighted by Gasteiger charge is 2.41. The molecule has 1 rings (SSSR count). The Labute approximate surface area is 105 Å². The first kappa shape index (κ1) is 14.0. The maximum atomic E-state index is 12.1. The van der Waals surface area contributed by atoms with Crippen molar-refractivity contribution >= 4 is 31.7 Å². The van der Waals surface area contributed by atoms with Gasteiger partial charge in [-0.1, -0.05) is 15.9 Å². The number of carbonyl (C=O) groups excluding carboxylic acids is 1. The second-order valence-corrected chi connectivity index (χ2v) is 8.61. The van der Waals surface area contributed by atoms with Crippen molar-refractivity contribution in [3.05, 3.63) is 0 Å². The van der Waals surface area contributed by atoms with Crippen LogP contribution in [-0.4, -0.2) is 48.1 Å². The van der Waals surface area contributed by atoms with E-state index in [1.54, 1.807) is 4.90 Å². The molecule has 0 aromatic heterocycles. The number of hydrogen-bond donors (Lipinski definition) is 0. The third kappa shape index (κ3) is 2.77. The molecular weight excluding hydrogens is 294 g/mol. The minimum absolute atomic E-state index is 0.283. The molecule has 4 nitrogen and oxygen atoms in total. The van der Waals surface area contributed by atoms with Gasteiger partial charge in [0, 0.05) is 24.2 Å². The van der Waals surface area contributed by atoms with Crippen molar-refractivity contribution < 1.29 is 13.2 Å². The molecule has 1 saturated heterocycles. The minimum Gasteiger partial charge on any atom is -0.341 e. The first-order chi connectivity index (χ1) is 7.16. The Hall–Kier alpha value is -0.100. The van der Waals surface area contributed by atoms with Gasteiger partial charge in [0.25, 0.3) is 0 Å². The zero-order chi connectivity index (χ0) is 12.6. The average Bonchev–Trinajstić information content (AvgIpc) is 2.16. The molecule has 0 spiro atoms. The SMILES string of the molecule is CC(C)(C(=O)N1CCC(Br)CC1)S(C)(=O)=O. The fourth-order valence-corrected chi connectivity index (χ4v) is 2.45. The third-order valence-corrected chi connectivity index (χ3v) is 6.10. The summed E-state index contributed by atoms with van der Waals surface area (Å²) in [5.41, 5.74) is 0. The van der Waals surface area contributed by atoms with Crippen LogP contribution in [0.5, 0.6) is 0 Å². The van der Waals surface area contributed by atoms with E-state index < -0.39 is 14.6 Å². The first-order valence-corrected chi connectivity index (χ1v) is 8.10. The van der Waals surface area contributed by atoms with Crippen LogP contribution in [0.25, 0.3) is 0 Å². The van der Waals surface area contributed by atoms with Crippen molar-refractivity contribution in [3.8, 4) is 0 Å². The average molecular weight is 312 g/mol. The topological polar surface area (TPSA) is 54.5 Å². The molecule has 0 saturated carbocycles. The zero-order valence-corrected chi connectivity index (χ0v) is 12.3. The molecule has 1 aliphatic heterocycles. The van der Waals surface area contributed by atoms with Gasteiger partial charge in [-0.05, 0) is 26.7 Å². The molecule has 0 bridgehead atoms. The number of piperidine rings is 1. The lowest BCUT2D eigenvalue weighted by Gasteiger charge is -2.34. The minimum atomic E-state index is -3.37. The number of rotatable bonds is 2. The van der Waals surface area contributed by atoms with Crippen molar-refractivity contribution in [2.45, 2.75) is 36.3 Å². The van der Waals surface area contributed by atoms with Crippen LogP contribution in [0.3, 0.4) is 0 Å². The Morgan fingerprint density at radius 1 is 1.31 bits per heavy atom. The molecule has 1 aliphatic rings. The largest absolute Gasteiger partial charge is 0.341 e. The first-order valence-electron chi connectivity index (χ1n) is 5.29. The van der Waals surface area contributed by atoms with E-state index in [0.717, 1.165) is 19.1 Å². The van der Waals surface area contributed by atoms with Gasteiger partial charge in [-0.15, -0.1) is 0 Å². The number of sulfone groups is 1. The van der Waals surface area contributed by atoms with E-state index in [9.17, 15) is 13.2 Å². The quantitative estimate of drug-likeness (QED) is 0.720. The summed E-state index contributed by atoms with van der Waals surface area (Å²) in [4.78, 5) is 14.2. The molecule has 0 radical (unpaired) electrons. The number of amides is 1. The van der Waals surface area contributed by atoms with Gasteiger partial charge >= 0.3 is 0 Å². The molecule has 0 aromatic rings. The zero-order valence-electron chi connectivity index (χ0n) is 9.86. The molecular formula is C10H18BrNO3S. The highest BCUT2D eigenvalue weighted by atomic mass is 79.9. The number of likely N-dealkylation sites (tertiary alicyclic amines) is 1. The number of nitrogens with zero attached hydrogens (tertiary/aromatic N) is 1. The molecule has 0 N–H and O–H groups in total. The number of hydrogen-bond acceptors (Lipinski definition) is 3. The van der Waals surface area contributed by atoms with Gasteiger partial charge in [0.05, 0.1) is 0 Å². The van der Waals surface area contributed by atoms with E-state index in [2.05, 4.69) is 15.9 Å². The van der Waals surface area contributed by atoms with Crippen LogP contribution in [-0.2, 0) is 14.6 Å². The van der Waals surface area contributed by atoms with Crippen LogP contribution < -0.4 is 0 Å². The van der Waals surface area contributed by atoms with Crippen molar-refractivity contribution in [1.29, 1.82) is 0 Å². The van der Waals surface area contributed by atoms with E-state index in [-0.39, 0.29) is 5.91 Å². The summed E-state index contributed by atoms with van der Waals surface area (Å²) in [5.74, 6) is -0.283. The highest BCUT2D eigenvalue weighted by Crippen LogP contribution is 2.23. The van der Waals surface area contributed by atoms with Gasteiger partial charge in [0.2, 0.25) is 5.91 Å². The van der Waals surface area contributed by atoms with Gasteiger partial charge in [0.15, 0.2) is 9.84 Å². The van der Waals surface area contributed by atoms with E-state index in [1.165, 1.54) is 13.8 Å². The molecule has 1 heterocycles. The van der Waals surface area contributed by atoms with Crippen LogP contribution in [0.4, 0.5) is 0 Å². The summed E-state index contributed by atoms with van der Waals surface area (Å²) < 4.78 is 21.8. The molecule has 1 fully saturated rings. The molecule has 16 heavy (non-hydrogen) atoms. The van der Waals surface area contributed by atoms with Crippen molar-refractivity contribution in [1.82, 2.24) is 4.90 Å². The van der Waals surface area contributed by atoms with E-state index in [1.807, 2.05) is 0 Å². The van der Waals surface area contributed by atoms with Gasteiger partial charge in [0.1, 0.15) is 4.75 Å². The van der Waals surface area contributed by atoms with Crippen molar-refractivity contribution in [2.75, 3.05) is 19.3 Å². The van der Waals surface area contributed by atoms with Gasteiger partial charge in [-0.25, -0.2) is 8.42 Å². The van der Waals surface area contributed by atoms with Crippen LogP contribution in [0.15, 0.2) is 0 Å². The number of halogens is 1. The van der Waals surface area contributed by atoms with Crippen LogP contribution in [0, 0.1) is 0 Å². The summed E-state index contributed by atoms with van der Waals surface area (Å²) in [6.07, 6.45) is 2.87. The Balaban J connectivity index is 2.79. The monoisotopic (exact) mass is 311 g/mol. The van der Waals surface area contributed by atoms with Crippen LogP contribution >= 0.6 is 15.9 Å². The summed E-state index contributed by atoms with van der Waals surface area (Å²) in [6, 6.07) is 0. The van der Waals surface area contributed by atoms with E-state index in [0.29, 0.717) is 17.9 Å². The van der Waals surface area contributed by atoms with Gasteiger partial charge < -0.3 is 4.90 Å². The number of alkyl halides is 1. The second kappa shape index (κ2) is 4.64. The molecule has 0 unspecified atom stereocenters. The smallest absolute Gasteiger partial charge is 0.243 e. The van der Waals surface area contributed by atoms with E-state index >= 15 is 0 Å². The van der Waals surface area contributed by atoms with Crippen molar-refractivity contribution in [3.63, 3.8) is 0 Å². The Kier molecular flexibility index (Phi) is 4.05. The van der Waals surface area contributed by atoms with Gasteiger partial charge in [-0.2, -0.15) is 0 Å². The van der Waals surface area contributed by atoms with E-state index in [4.69, 9.17) is 0 Å². The maximum absolute atomic E-state index is 12.1. The molecule has 0 atom stereocenters. The predicted octanol–water partition coefficient (Wildman–Crippen LogP) is 1.20. The molecule has 1 amide bonds. The summed E-state index contributed by atoms with van der Waals surface area (Å²) >= 11 is 3.50. The Morgan fingerprint density at radius 2 is 1.75 bits per heavy atom. The molecule has 6 heteroatoms. The van der Waals surface area contributed by atoms with Crippen molar-refractivity contribution in [2.24, 2.45) is 0 Å². The predicted molar refractivity (Wildman–Crippen MR) is 67.5 cm³/mol.